The first-order chi connectivity index (χ1) is 10.7. The van der Waals surface area contributed by atoms with E-state index in [0.29, 0.717) is 11.3 Å². The molecular formula is C19H16O3. The highest BCUT2D eigenvalue weighted by atomic mass is 16.5. The Bertz CT molecular complexity index is 828. The highest BCUT2D eigenvalue weighted by molar-refractivity contribution is 6.18. The molecular weight excluding hydrogens is 276 g/mol. The van der Waals surface area contributed by atoms with Gasteiger partial charge >= 0.3 is 0 Å². The number of rotatable bonds is 2. The number of carbonyl (C=O) groups is 1. The molecule has 22 heavy (non-hydrogen) atoms. The third kappa shape index (κ3) is 2.42. The third-order valence-electron chi connectivity index (χ3n) is 3.68. The first-order valence-electron chi connectivity index (χ1n) is 6.99. The molecule has 0 aromatic heterocycles. The molecule has 3 aromatic rings. The van der Waals surface area contributed by atoms with Gasteiger partial charge in [0.05, 0.1) is 19.8 Å². The van der Waals surface area contributed by atoms with Crippen LogP contribution in [0.4, 0.5) is 0 Å². The maximum atomic E-state index is 11.0. The number of hydrogen-bond acceptors (Lipinski definition) is 3. The molecule has 0 amide bonds. The summed E-state index contributed by atoms with van der Waals surface area (Å²) in [5, 5.41) is 2.39. The normalized spacial score (nSPS) is 11.3. The van der Waals surface area contributed by atoms with Gasteiger partial charge in [0.1, 0.15) is 11.5 Å². The highest BCUT2D eigenvalue weighted by Gasteiger charge is 2.24. The summed E-state index contributed by atoms with van der Waals surface area (Å²) in [5.41, 5.74) is 1.50. The molecule has 2 bridgehead atoms. The van der Waals surface area contributed by atoms with Crippen LogP contribution in [0.2, 0.25) is 0 Å². The Hall–Kier alpha value is -2.81. The fourth-order valence-corrected chi connectivity index (χ4v) is 2.48. The summed E-state index contributed by atoms with van der Waals surface area (Å²) in [4.78, 5) is 11.0. The second-order valence-electron chi connectivity index (χ2n) is 4.93. The Morgan fingerprint density at radius 3 is 2.14 bits per heavy atom. The van der Waals surface area contributed by atoms with Crippen LogP contribution >= 0.6 is 0 Å². The summed E-state index contributed by atoms with van der Waals surface area (Å²) < 4.78 is 10.2. The van der Waals surface area contributed by atoms with E-state index in [1.807, 2.05) is 36.4 Å². The Morgan fingerprint density at radius 1 is 0.773 bits per heavy atom. The minimum atomic E-state index is 0.111. The van der Waals surface area contributed by atoms with Crippen molar-refractivity contribution < 1.29 is 14.3 Å². The molecule has 0 saturated heterocycles. The van der Waals surface area contributed by atoms with Crippen LogP contribution in [0.25, 0.3) is 10.8 Å². The second kappa shape index (κ2) is 5.90. The zero-order chi connectivity index (χ0) is 15.5. The van der Waals surface area contributed by atoms with Crippen molar-refractivity contribution >= 4 is 16.6 Å². The maximum absolute atomic E-state index is 11.0. The van der Waals surface area contributed by atoms with Gasteiger partial charge in [-0.15, -0.1) is 0 Å². The van der Waals surface area contributed by atoms with Crippen molar-refractivity contribution in [3.8, 4) is 11.5 Å². The largest absolute Gasteiger partial charge is 0.496 e. The molecule has 2 aliphatic carbocycles. The lowest BCUT2D eigenvalue weighted by Crippen LogP contribution is -2.13. The molecule has 110 valence electrons. The lowest BCUT2D eigenvalue weighted by atomic mass is 9.91. The smallest absolute Gasteiger partial charge is 0.196 e. The maximum Gasteiger partial charge on any atom is 0.196 e. The molecule has 0 saturated carbocycles. The summed E-state index contributed by atoms with van der Waals surface area (Å²) >= 11 is 0. The Balaban J connectivity index is 0.000000133. The zero-order valence-corrected chi connectivity index (χ0v) is 12.5. The fraction of sp³-hybridized carbons (Fsp3) is 0.105. The fourth-order valence-electron chi connectivity index (χ4n) is 2.48. The molecule has 5 rings (SSSR count). The van der Waals surface area contributed by atoms with Gasteiger partial charge in [-0.05, 0) is 29.7 Å². The van der Waals surface area contributed by atoms with Gasteiger partial charge in [-0.2, -0.15) is 0 Å². The number of benzene rings is 3. The van der Waals surface area contributed by atoms with Crippen LogP contribution in [0.15, 0.2) is 60.7 Å². The standard InChI is InChI=1S/C11H10O.C8H6O2/c1-12-11-8-4-6-9-5-2-3-7-10(9)11;1-10-7-3-2-5-4-6(7)8(5)9/h2-8H,1H3;2-4H,1H3. The zero-order valence-electron chi connectivity index (χ0n) is 12.5. The van der Waals surface area contributed by atoms with Crippen molar-refractivity contribution in [3.63, 3.8) is 0 Å². The Kier molecular flexibility index (Phi) is 3.79. The van der Waals surface area contributed by atoms with Gasteiger partial charge in [0, 0.05) is 10.9 Å². The number of ketones is 1. The van der Waals surface area contributed by atoms with Crippen LogP contribution in [0, 0.1) is 0 Å². The van der Waals surface area contributed by atoms with Crippen molar-refractivity contribution in [2.24, 2.45) is 0 Å². The van der Waals surface area contributed by atoms with Crippen molar-refractivity contribution in [1.29, 1.82) is 0 Å². The van der Waals surface area contributed by atoms with Crippen LogP contribution in [0.1, 0.15) is 15.9 Å². The molecule has 3 nitrogen and oxygen atoms in total. The van der Waals surface area contributed by atoms with E-state index in [2.05, 4.69) is 18.2 Å². The number of hydrogen-bond donors (Lipinski definition) is 0. The summed E-state index contributed by atoms with van der Waals surface area (Å²) in [5.74, 6) is 1.73. The second-order valence-corrected chi connectivity index (χ2v) is 4.93. The average Bonchev–Trinajstić information content (AvgIpc) is 2.61. The number of ether oxygens (including phenoxy) is 2. The number of fused-ring (bicyclic) bond motifs is 3. The van der Waals surface area contributed by atoms with E-state index in [-0.39, 0.29) is 5.78 Å². The Labute approximate surface area is 129 Å². The molecule has 3 heteroatoms. The van der Waals surface area contributed by atoms with Gasteiger partial charge < -0.3 is 9.47 Å². The molecule has 0 N–H and O–H groups in total. The van der Waals surface area contributed by atoms with E-state index in [9.17, 15) is 4.79 Å². The van der Waals surface area contributed by atoms with Crippen LogP contribution in [-0.4, -0.2) is 20.0 Å². The van der Waals surface area contributed by atoms with E-state index in [1.54, 1.807) is 20.3 Å². The van der Waals surface area contributed by atoms with Crippen LogP contribution in [0.5, 0.6) is 11.5 Å². The van der Waals surface area contributed by atoms with E-state index < -0.39 is 0 Å². The summed E-state index contributed by atoms with van der Waals surface area (Å²) in [6.45, 7) is 0. The van der Waals surface area contributed by atoms with Crippen LogP contribution < -0.4 is 9.47 Å². The molecule has 0 spiro atoms. The van der Waals surface area contributed by atoms with Gasteiger partial charge in [0.2, 0.25) is 0 Å². The summed E-state index contributed by atoms with van der Waals surface area (Å²) in [7, 11) is 3.26. The minimum absolute atomic E-state index is 0.111. The molecule has 0 fully saturated rings. The van der Waals surface area contributed by atoms with E-state index in [0.717, 1.165) is 11.3 Å². The predicted molar refractivity (Wildman–Crippen MR) is 86.9 cm³/mol. The topological polar surface area (TPSA) is 35.5 Å². The monoisotopic (exact) mass is 292 g/mol. The predicted octanol–water partition coefficient (Wildman–Crippen LogP) is 4.09. The Morgan fingerprint density at radius 2 is 1.50 bits per heavy atom. The number of methoxy groups -OCH3 is 2. The van der Waals surface area contributed by atoms with Gasteiger partial charge in [0.25, 0.3) is 0 Å². The van der Waals surface area contributed by atoms with Crippen molar-refractivity contribution in [1.82, 2.24) is 0 Å². The average molecular weight is 292 g/mol. The molecule has 3 aromatic carbocycles. The van der Waals surface area contributed by atoms with Crippen molar-refractivity contribution in [2.75, 3.05) is 14.2 Å². The van der Waals surface area contributed by atoms with Gasteiger partial charge in [-0.3, -0.25) is 4.79 Å². The highest BCUT2D eigenvalue weighted by Crippen LogP contribution is 2.30. The molecule has 0 radical (unpaired) electrons. The quantitative estimate of drug-likeness (QED) is 0.558. The number of carbonyl (C=O) groups excluding carboxylic acids is 1. The molecule has 2 aliphatic rings. The van der Waals surface area contributed by atoms with E-state index in [4.69, 9.17) is 9.47 Å². The first kappa shape index (κ1) is 14.1. The lowest BCUT2D eigenvalue weighted by molar-refractivity contribution is 0.102. The van der Waals surface area contributed by atoms with E-state index in [1.165, 1.54) is 10.8 Å². The van der Waals surface area contributed by atoms with Crippen molar-refractivity contribution in [3.05, 3.63) is 71.8 Å². The third-order valence-corrected chi connectivity index (χ3v) is 3.68. The van der Waals surface area contributed by atoms with Gasteiger partial charge in [0.15, 0.2) is 5.78 Å². The van der Waals surface area contributed by atoms with Crippen molar-refractivity contribution in [2.45, 2.75) is 0 Å². The van der Waals surface area contributed by atoms with Gasteiger partial charge in [-0.1, -0.05) is 36.4 Å². The molecule has 0 aliphatic heterocycles. The minimum Gasteiger partial charge on any atom is -0.496 e. The summed E-state index contributed by atoms with van der Waals surface area (Å²) in [6.07, 6.45) is 0. The SMILES string of the molecule is COc1ccc2cc1C2=O.COc1cccc2ccccc12. The van der Waals surface area contributed by atoms with Crippen LogP contribution in [0.3, 0.4) is 0 Å². The lowest BCUT2D eigenvalue weighted by Gasteiger charge is -2.15. The molecule has 0 heterocycles. The molecule has 0 atom stereocenters. The van der Waals surface area contributed by atoms with Gasteiger partial charge in [-0.25, -0.2) is 0 Å². The molecule has 0 unspecified atom stereocenters. The summed E-state index contributed by atoms with van der Waals surface area (Å²) in [6, 6.07) is 19.7. The van der Waals surface area contributed by atoms with E-state index >= 15 is 0 Å². The van der Waals surface area contributed by atoms with Crippen LogP contribution in [-0.2, 0) is 0 Å². The first-order valence-corrected chi connectivity index (χ1v) is 6.99.